The van der Waals surface area contributed by atoms with Gasteiger partial charge in [-0.3, -0.25) is 0 Å². The van der Waals surface area contributed by atoms with Crippen molar-refractivity contribution in [3.05, 3.63) is 240 Å². The number of hydrogen-bond acceptors (Lipinski definition) is 0. The van der Waals surface area contributed by atoms with Gasteiger partial charge in [-0.1, -0.05) is 157 Å². The van der Waals surface area contributed by atoms with Crippen LogP contribution in [0.15, 0.2) is 234 Å². The molecule has 0 N–H and O–H groups in total. The minimum Gasteiger partial charge on any atom is -0.313 e. The Morgan fingerprint density at radius 3 is 1.56 bits per heavy atom. The number of benzene rings is 7. The van der Waals surface area contributed by atoms with Crippen LogP contribution in [0.1, 0.15) is 44.1 Å². The molecular formula is C61H46N2. The molecule has 0 unspecified atom stereocenters. The van der Waals surface area contributed by atoms with Crippen LogP contribution in [0.5, 0.6) is 0 Å². The first-order valence-electron chi connectivity index (χ1n) is 22.8. The fourth-order valence-electron chi connectivity index (χ4n) is 11.9. The van der Waals surface area contributed by atoms with Crippen LogP contribution in [0.3, 0.4) is 0 Å². The molecule has 2 heterocycles. The van der Waals surface area contributed by atoms with Gasteiger partial charge in [-0.15, -0.1) is 0 Å². The van der Waals surface area contributed by atoms with Crippen molar-refractivity contribution in [2.24, 2.45) is 0 Å². The van der Waals surface area contributed by atoms with Gasteiger partial charge in [-0.25, -0.2) is 0 Å². The van der Waals surface area contributed by atoms with Crippen LogP contribution in [-0.4, -0.2) is 9.13 Å². The first-order valence-corrected chi connectivity index (χ1v) is 22.8. The largest absolute Gasteiger partial charge is 0.313 e. The van der Waals surface area contributed by atoms with Crippen molar-refractivity contribution < 1.29 is 0 Å². The van der Waals surface area contributed by atoms with E-state index >= 15 is 0 Å². The summed E-state index contributed by atoms with van der Waals surface area (Å²) in [6.07, 6.45) is 21.1. The Balaban J connectivity index is 0.923. The highest BCUT2D eigenvalue weighted by molar-refractivity contribution is 6.13. The predicted octanol–water partition coefficient (Wildman–Crippen LogP) is 16.0. The Hall–Kier alpha value is -7.42. The summed E-state index contributed by atoms with van der Waals surface area (Å²) in [5, 5.41) is 5.12. The van der Waals surface area contributed by atoms with Crippen molar-refractivity contribution in [2.75, 3.05) is 0 Å². The summed E-state index contributed by atoms with van der Waals surface area (Å²) in [5.74, 6) is 0. The Labute approximate surface area is 368 Å². The quantitative estimate of drug-likeness (QED) is 0.158. The van der Waals surface area contributed by atoms with Crippen molar-refractivity contribution in [1.82, 2.24) is 9.13 Å². The van der Waals surface area contributed by atoms with Crippen molar-refractivity contribution in [2.45, 2.75) is 43.9 Å². The van der Waals surface area contributed by atoms with Crippen LogP contribution >= 0.6 is 0 Å². The van der Waals surface area contributed by atoms with Crippen LogP contribution in [0.4, 0.5) is 0 Å². The van der Waals surface area contributed by atoms with Gasteiger partial charge in [0.2, 0.25) is 0 Å². The van der Waals surface area contributed by atoms with E-state index in [0.717, 1.165) is 38.5 Å². The molecule has 13 rings (SSSR count). The predicted molar refractivity (Wildman–Crippen MR) is 265 cm³/mol. The van der Waals surface area contributed by atoms with Gasteiger partial charge < -0.3 is 9.13 Å². The maximum atomic E-state index is 2.55. The van der Waals surface area contributed by atoms with E-state index in [1.54, 1.807) is 16.7 Å². The van der Waals surface area contributed by atoms with Gasteiger partial charge >= 0.3 is 0 Å². The minimum atomic E-state index is -0.168. The summed E-state index contributed by atoms with van der Waals surface area (Å²) in [6.45, 7) is 0. The van der Waals surface area contributed by atoms with Gasteiger partial charge in [-0.2, -0.15) is 0 Å². The lowest BCUT2D eigenvalue weighted by Crippen LogP contribution is -2.33. The monoisotopic (exact) mass is 806 g/mol. The van der Waals surface area contributed by atoms with Crippen molar-refractivity contribution in [1.29, 1.82) is 0 Å². The second-order valence-corrected chi connectivity index (χ2v) is 17.7. The first-order chi connectivity index (χ1) is 31.3. The van der Waals surface area contributed by atoms with Gasteiger partial charge in [-0.05, 0) is 143 Å². The van der Waals surface area contributed by atoms with Crippen molar-refractivity contribution >= 4 is 49.3 Å². The molecular weight excluding hydrogens is 761 g/mol. The van der Waals surface area contributed by atoms with Crippen LogP contribution in [0, 0.1) is 0 Å². The molecule has 2 aromatic heterocycles. The maximum absolute atomic E-state index is 2.55. The number of fused-ring (bicyclic) bond motifs is 7. The number of hydrogen-bond donors (Lipinski definition) is 0. The SMILES string of the molecule is C1=CC2=C(CC1)C(C1=CC=C(n3c4ccccc4c4cc(-c5ccc6c(c5)c5ccccc5n6-c5cccc(-c6ccccc6)c5)ccc43)CC1)(c1ccccc1)C1=C2C=CCC1. The van der Waals surface area contributed by atoms with E-state index in [0.29, 0.717) is 0 Å². The third-order valence-corrected chi connectivity index (χ3v) is 14.5. The second kappa shape index (κ2) is 14.3. The second-order valence-electron chi connectivity index (χ2n) is 17.7. The molecule has 0 radical (unpaired) electrons. The summed E-state index contributed by atoms with van der Waals surface area (Å²) in [6, 6.07) is 63.1. The molecule has 7 aromatic carbocycles. The average molecular weight is 807 g/mol. The molecule has 0 spiro atoms. The Morgan fingerprint density at radius 2 is 0.921 bits per heavy atom. The molecule has 0 saturated heterocycles. The zero-order valence-electron chi connectivity index (χ0n) is 35.3. The van der Waals surface area contributed by atoms with Gasteiger partial charge in [0.1, 0.15) is 0 Å². The van der Waals surface area contributed by atoms with Crippen LogP contribution < -0.4 is 0 Å². The van der Waals surface area contributed by atoms with E-state index in [1.165, 1.54) is 94.0 Å². The average Bonchev–Trinajstić information content (AvgIpc) is 3.98. The molecule has 0 amide bonds. The molecule has 9 aromatic rings. The minimum absolute atomic E-state index is 0.168. The van der Waals surface area contributed by atoms with E-state index in [2.05, 4.69) is 215 Å². The summed E-state index contributed by atoms with van der Waals surface area (Å²) in [5.41, 5.74) is 21.4. The van der Waals surface area contributed by atoms with E-state index in [9.17, 15) is 0 Å². The first kappa shape index (κ1) is 36.3. The molecule has 0 fully saturated rings. The number of nitrogens with zero attached hydrogens (tertiary/aromatic N) is 2. The van der Waals surface area contributed by atoms with Gasteiger partial charge in [0, 0.05) is 32.9 Å². The lowest BCUT2D eigenvalue weighted by molar-refractivity contribution is 0.602. The molecule has 0 bridgehead atoms. The molecule has 63 heavy (non-hydrogen) atoms. The highest BCUT2D eigenvalue weighted by Crippen LogP contribution is 2.60. The standard InChI is InChI=1S/C61H46N2/c1-3-16-41(17-4-1)42-18-15-21-48(38-42)63-58-29-14-10-25-52(58)54-40-44(31-37-60(54)63)43-30-36-59-53(39-43)51-24-9-13-28-57(51)62(59)47-34-32-46(33-35-47)61(45-19-5-2-6-20-45)55-26-11-7-22-49(55)50-23-8-12-27-56(50)61/h1-10,13-25,28-32,34,36-40H,11-12,26-27,33,35H2. The summed E-state index contributed by atoms with van der Waals surface area (Å²) < 4.78 is 4.97. The van der Waals surface area contributed by atoms with Gasteiger partial charge in [0.25, 0.3) is 0 Å². The van der Waals surface area contributed by atoms with Crippen molar-refractivity contribution in [3.63, 3.8) is 0 Å². The van der Waals surface area contributed by atoms with Gasteiger partial charge in [0.15, 0.2) is 0 Å². The Bertz CT molecular complexity index is 3500. The van der Waals surface area contributed by atoms with Crippen LogP contribution in [0.25, 0.3) is 77.2 Å². The number of rotatable bonds is 6. The summed E-state index contributed by atoms with van der Waals surface area (Å²) in [4.78, 5) is 0. The molecule has 0 atom stereocenters. The fourth-order valence-corrected chi connectivity index (χ4v) is 11.9. The highest BCUT2D eigenvalue weighted by Gasteiger charge is 2.49. The number of aromatic nitrogens is 2. The topological polar surface area (TPSA) is 9.86 Å². The normalized spacial score (nSPS) is 16.9. The molecule has 4 aliphatic rings. The smallest absolute Gasteiger partial charge is 0.0602 e. The fraction of sp³-hybridized carbons (Fsp3) is 0.115. The molecule has 2 heteroatoms. The number of para-hydroxylation sites is 2. The van der Waals surface area contributed by atoms with Crippen LogP contribution in [0.2, 0.25) is 0 Å². The molecule has 0 saturated carbocycles. The third-order valence-electron chi connectivity index (χ3n) is 14.5. The van der Waals surface area contributed by atoms with E-state index in [-0.39, 0.29) is 5.41 Å². The maximum Gasteiger partial charge on any atom is 0.0602 e. The Kier molecular flexibility index (Phi) is 8.24. The lowest BCUT2D eigenvalue weighted by Gasteiger charge is -2.41. The Morgan fingerprint density at radius 1 is 0.381 bits per heavy atom. The van der Waals surface area contributed by atoms with E-state index in [1.807, 2.05) is 0 Å². The summed E-state index contributed by atoms with van der Waals surface area (Å²) >= 11 is 0. The molecule has 2 nitrogen and oxygen atoms in total. The summed E-state index contributed by atoms with van der Waals surface area (Å²) in [7, 11) is 0. The zero-order valence-corrected chi connectivity index (χ0v) is 35.3. The lowest BCUT2D eigenvalue weighted by atomic mass is 9.61. The van der Waals surface area contributed by atoms with E-state index in [4.69, 9.17) is 0 Å². The molecule has 4 aliphatic carbocycles. The number of allylic oxidation sites excluding steroid dienone is 12. The van der Waals surface area contributed by atoms with E-state index < -0.39 is 0 Å². The highest BCUT2D eigenvalue weighted by atomic mass is 15.0. The van der Waals surface area contributed by atoms with Crippen molar-refractivity contribution in [3.8, 4) is 27.9 Å². The van der Waals surface area contributed by atoms with Gasteiger partial charge in [0.05, 0.1) is 27.5 Å². The zero-order chi connectivity index (χ0) is 41.5. The molecule has 0 aliphatic heterocycles. The molecule has 300 valence electrons. The third kappa shape index (κ3) is 5.44. The van der Waals surface area contributed by atoms with Crippen LogP contribution in [-0.2, 0) is 5.41 Å².